The number of aromatic nitrogens is 2. The zero-order valence-electron chi connectivity index (χ0n) is 16.9. The van der Waals surface area contributed by atoms with E-state index in [0.717, 1.165) is 57.5 Å². The summed E-state index contributed by atoms with van der Waals surface area (Å²) in [5.74, 6) is 1.22. The number of guanidine groups is 1. The third kappa shape index (κ3) is 8.32. The molecule has 156 valence electrons. The Morgan fingerprint density at radius 3 is 2.70 bits per heavy atom. The molecule has 1 aliphatic rings. The highest BCUT2D eigenvalue weighted by atomic mass is 127. The summed E-state index contributed by atoms with van der Waals surface area (Å²) >= 11 is 0. The second kappa shape index (κ2) is 11.8. The summed E-state index contributed by atoms with van der Waals surface area (Å²) in [6, 6.07) is 0. The summed E-state index contributed by atoms with van der Waals surface area (Å²) in [5.41, 5.74) is -0.281. The molecule has 0 aliphatic carbocycles. The maximum absolute atomic E-state index is 10.7. The maximum Gasteiger partial charge on any atom is 0.191 e. The molecule has 2 rings (SSSR count). The lowest BCUT2D eigenvalue weighted by atomic mass is 10.0. The molecule has 1 saturated heterocycles. The number of aliphatic imine (C=N–C) groups is 1. The molecule has 2 unspecified atom stereocenters. The van der Waals surface area contributed by atoms with E-state index < -0.39 is 5.60 Å². The third-order valence-corrected chi connectivity index (χ3v) is 4.51. The summed E-state index contributed by atoms with van der Waals surface area (Å²) in [6.07, 6.45) is 3.50. The standard InChI is InChI=1S/C18H34N6O2.HI/c1-5-19-17(20-10-15(2)12-24-6-8-26-9-7-24)21-14-18(3,25)16-11-22-23(4)13-16;/h11,13,15,25H,5-10,12,14H2,1-4H3,(H2,19,20,21);1H. The van der Waals surface area contributed by atoms with Crippen LogP contribution in [0.3, 0.4) is 0 Å². The molecule has 27 heavy (non-hydrogen) atoms. The van der Waals surface area contributed by atoms with E-state index in [1.165, 1.54) is 0 Å². The fraction of sp³-hybridized carbons (Fsp3) is 0.778. The molecule has 2 atom stereocenters. The predicted octanol–water partition coefficient (Wildman–Crippen LogP) is 0.769. The van der Waals surface area contributed by atoms with Gasteiger partial charge in [-0.2, -0.15) is 5.10 Å². The van der Waals surface area contributed by atoms with Gasteiger partial charge in [0.15, 0.2) is 5.96 Å². The van der Waals surface area contributed by atoms with E-state index in [2.05, 4.69) is 32.5 Å². The Morgan fingerprint density at radius 2 is 2.11 bits per heavy atom. The minimum atomic E-state index is -1.05. The van der Waals surface area contributed by atoms with Crippen LogP contribution in [0.1, 0.15) is 26.3 Å². The molecular formula is C18H35IN6O2. The Labute approximate surface area is 179 Å². The zero-order valence-corrected chi connectivity index (χ0v) is 19.3. The van der Waals surface area contributed by atoms with E-state index in [-0.39, 0.29) is 30.5 Å². The summed E-state index contributed by atoms with van der Waals surface area (Å²) in [4.78, 5) is 7.00. The van der Waals surface area contributed by atoms with Crippen molar-refractivity contribution in [3.63, 3.8) is 0 Å². The first-order valence-electron chi connectivity index (χ1n) is 9.44. The summed E-state index contributed by atoms with van der Waals surface area (Å²) in [7, 11) is 1.84. The topological polar surface area (TPSA) is 86.9 Å². The highest BCUT2D eigenvalue weighted by molar-refractivity contribution is 14.0. The van der Waals surface area contributed by atoms with Gasteiger partial charge >= 0.3 is 0 Å². The zero-order chi connectivity index (χ0) is 19.0. The van der Waals surface area contributed by atoms with Crippen molar-refractivity contribution >= 4 is 29.9 Å². The average molecular weight is 494 g/mol. The molecule has 0 saturated carbocycles. The van der Waals surface area contributed by atoms with Gasteiger partial charge < -0.3 is 20.5 Å². The van der Waals surface area contributed by atoms with Crippen LogP contribution in [0.5, 0.6) is 0 Å². The van der Waals surface area contributed by atoms with Gasteiger partial charge in [-0.3, -0.25) is 9.58 Å². The number of aryl methyl sites for hydroxylation is 1. The average Bonchev–Trinajstić information content (AvgIpc) is 3.06. The first-order chi connectivity index (χ1) is 12.4. The van der Waals surface area contributed by atoms with Crippen LogP contribution in [-0.2, 0) is 17.4 Å². The predicted molar refractivity (Wildman–Crippen MR) is 119 cm³/mol. The number of ether oxygens (including phenoxy) is 1. The van der Waals surface area contributed by atoms with Gasteiger partial charge in [-0.05, 0) is 19.8 Å². The number of nitrogens with one attached hydrogen (secondary N) is 2. The number of rotatable bonds is 8. The van der Waals surface area contributed by atoms with Gasteiger partial charge in [0.2, 0.25) is 0 Å². The molecule has 9 heteroatoms. The van der Waals surface area contributed by atoms with Crippen molar-refractivity contribution in [1.29, 1.82) is 0 Å². The Balaban J connectivity index is 0.00000364. The monoisotopic (exact) mass is 494 g/mol. The van der Waals surface area contributed by atoms with E-state index in [9.17, 15) is 5.11 Å². The molecule has 0 spiro atoms. The number of morpholine rings is 1. The quantitative estimate of drug-likeness (QED) is 0.281. The summed E-state index contributed by atoms with van der Waals surface area (Å²) < 4.78 is 7.08. The molecular weight excluding hydrogens is 459 g/mol. The lowest BCUT2D eigenvalue weighted by molar-refractivity contribution is 0.0320. The number of halogens is 1. The number of hydrogen-bond donors (Lipinski definition) is 3. The Hall–Kier alpha value is -0.910. The molecule has 0 amide bonds. The lowest BCUT2D eigenvalue weighted by Gasteiger charge is -2.29. The van der Waals surface area contributed by atoms with Crippen LogP contribution < -0.4 is 10.6 Å². The molecule has 0 radical (unpaired) electrons. The molecule has 2 heterocycles. The highest BCUT2D eigenvalue weighted by Crippen LogP contribution is 2.19. The molecule has 1 fully saturated rings. The van der Waals surface area contributed by atoms with Crippen LogP contribution in [0.4, 0.5) is 0 Å². The first-order valence-corrected chi connectivity index (χ1v) is 9.44. The molecule has 1 aliphatic heterocycles. The van der Waals surface area contributed by atoms with Gasteiger partial charge in [0, 0.05) is 51.5 Å². The van der Waals surface area contributed by atoms with E-state index >= 15 is 0 Å². The van der Waals surface area contributed by atoms with Crippen LogP contribution in [0, 0.1) is 5.92 Å². The van der Waals surface area contributed by atoms with Crippen LogP contribution >= 0.6 is 24.0 Å². The minimum absolute atomic E-state index is 0. The van der Waals surface area contributed by atoms with E-state index in [4.69, 9.17) is 4.74 Å². The third-order valence-electron chi connectivity index (χ3n) is 4.51. The van der Waals surface area contributed by atoms with Gasteiger partial charge in [-0.15, -0.1) is 24.0 Å². The maximum atomic E-state index is 10.7. The Kier molecular flexibility index (Phi) is 10.6. The van der Waals surface area contributed by atoms with Crippen molar-refractivity contribution in [1.82, 2.24) is 25.3 Å². The van der Waals surface area contributed by atoms with Gasteiger partial charge in [-0.1, -0.05) is 6.92 Å². The van der Waals surface area contributed by atoms with E-state index in [1.54, 1.807) is 17.8 Å². The molecule has 0 aromatic carbocycles. The van der Waals surface area contributed by atoms with Crippen LogP contribution in [0.25, 0.3) is 0 Å². The van der Waals surface area contributed by atoms with Gasteiger partial charge in [0.1, 0.15) is 5.60 Å². The fourth-order valence-corrected chi connectivity index (χ4v) is 2.93. The molecule has 3 N–H and O–H groups in total. The summed E-state index contributed by atoms with van der Waals surface area (Å²) in [5, 5.41) is 21.4. The van der Waals surface area contributed by atoms with Crippen molar-refractivity contribution in [2.45, 2.75) is 26.4 Å². The minimum Gasteiger partial charge on any atom is -0.383 e. The summed E-state index contributed by atoms with van der Waals surface area (Å²) in [6.45, 7) is 12.6. The van der Waals surface area contributed by atoms with Crippen LogP contribution in [0.15, 0.2) is 17.4 Å². The normalized spacial score (nSPS) is 19.1. The van der Waals surface area contributed by atoms with Gasteiger partial charge in [0.05, 0.1) is 26.0 Å². The van der Waals surface area contributed by atoms with Crippen molar-refractivity contribution in [2.75, 3.05) is 52.5 Å². The van der Waals surface area contributed by atoms with E-state index in [0.29, 0.717) is 5.92 Å². The van der Waals surface area contributed by atoms with Gasteiger partial charge in [0.25, 0.3) is 0 Å². The SMILES string of the molecule is CCNC(=NCC(C)(O)c1cnn(C)c1)NCC(C)CN1CCOCC1.I. The Morgan fingerprint density at radius 1 is 1.41 bits per heavy atom. The molecule has 8 nitrogen and oxygen atoms in total. The lowest BCUT2D eigenvalue weighted by Crippen LogP contribution is -2.44. The smallest absolute Gasteiger partial charge is 0.191 e. The highest BCUT2D eigenvalue weighted by Gasteiger charge is 2.24. The molecule has 0 bridgehead atoms. The fourth-order valence-electron chi connectivity index (χ4n) is 2.93. The van der Waals surface area contributed by atoms with E-state index in [1.807, 2.05) is 20.2 Å². The van der Waals surface area contributed by atoms with Gasteiger partial charge in [-0.25, -0.2) is 4.99 Å². The van der Waals surface area contributed by atoms with Crippen molar-refractivity contribution < 1.29 is 9.84 Å². The number of hydrogen-bond acceptors (Lipinski definition) is 5. The molecule has 1 aromatic heterocycles. The Bertz CT molecular complexity index is 572. The molecule has 1 aromatic rings. The number of aliphatic hydroxyl groups is 1. The van der Waals surface area contributed by atoms with Crippen LogP contribution in [0.2, 0.25) is 0 Å². The first kappa shape index (κ1) is 24.1. The number of nitrogens with zero attached hydrogens (tertiary/aromatic N) is 4. The second-order valence-corrected chi connectivity index (χ2v) is 7.27. The van der Waals surface area contributed by atoms with Crippen molar-refractivity contribution in [3.8, 4) is 0 Å². The largest absolute Gasteiger partial charge is 0.383 e. The van der Waals surface area contributed by atoms with Crippen molar-refractivity contribution in [3.05, 3.63) is 18.0 Å². The second-order valence-electron chi connectivity index (χ2n) is 7.27. The van der Waals surface area contributed by atoms with Crippen LogP contribution in [-0.4, -0.2) is 78.2 Å². The van der Waals surface area contributed by atoms with Crippen molar-refractivity contribution in [2.24, 2.45) is 18.0 Å².